The Bertz CT molecular complexity index is 672. The molecule has 0 radical (unpaired) electrons. The first-order valence-corrected chi connectivity index (χ1v) is 10.0. The Morgan fingerprint density at radius 2 is 2.04 bits per heavy atom. The van der Waals surface area contributed by atoms with Gasteiger partial charge < -0.3 is 20.1 Å². The number of hydrogen-bond acceptors (Lipinski definition) is 4. The predicted molar refractivity (Wildman–Crippen MR) is 109 cm³/mol. The number of ether oxygens (including phenoxy) is 2. The predicted octanol–water partition coefficient (Wildman–Crippen LogP) is 3.73. The van der Waals surface area contributed by atoms with Crippen LogP contribution in [0.5, 0.6) is 5.75 Å². The molecule has 2 rings (SSSR count). The first-order valence-electron chi connectivity index (χ1n) is 9.06. The van der Waals surface area contributed by atoms with Gasteiger partial charge in [-0.3, -0.25) is 0 Å². The van der Waals surface area contributed by atoms with Gasteiger partial charge in [-0.2, -0.15) is 11.3 Å². The molecule has 0 fully saturated rings. The van der Waals surface area contributed by atoms with Crippen molar-refractivity contribution in [1.29, 1.82) is 0 Å². The number of nitrogens with one attached hydrogen (secondary N) is 2. The fraction of sp³-hybridized carbons (Fsp3) is 0.450. The molecule has 0 unspecified atom stereocenters. The minimum atomic E-state index is 0.552. The lowest BCUT2D eigenvalue weighted by Crippen LogP contribution is -2.36. The van der Waals surface area contributed by atoms with Crippen LogP contribution in [-0.2, 0) is 17.8 Å². The number of aryl methyl sites for hydroxylation is 1. The molecule has 26 heavy (non-hydrogen) atoms. The maximum absolute atomic E-state index is 5.91. The quantitative estimate of drug-likeness (QED) is 0.377. The van der Waals surface area contributed by atoms with Crippen LogP contribution in [-0.4, -0.2) is 32.3 Å². The van der Waals surface area contributed by atoms with Gasteiger partial charge >= 0.3 is 0 Å². The monoisotopic (exact) mass is 375 g/mol. The standard InChI is InChI=1S/C20H29N3O2S/c1-4-21-20(22-13-17-8-11-26-15-17)23-14-18-7-6-16(3)12-19(18)25-10-9-24-5-2/h6-8,11-12,15H,4-5,9-10,13-14H2,1-3H3,(H2,21,22,23). The number of nitrogens with zero attached hydrogens (tertiary/aromatic N) is 1. The van der Waals surface area contributed by atoms with Crippen LogP contribution in [0.2, 0.25) is 0 Å². The van der Waals surface area contributed by atoms with Crippen molar-refractivity contribution >= 4 is 17.3 Å². The van der Waals surface area contributed by atoms with Gasteiger partial charge in [0.1, 0.15) is 12.4 Å². The van der Waals surface area contributed by atoms with Crippen molar-refractivity contribution in [3.63, 3.8) is 0 Å². The molecule has 1 aromatic carbocycles. The van der Waals surface area contributed by atoms with Gasteiger partial charge in [0.25, 0.3) is 0 Å². The zero-order chi connectivity index (χ0) is 18.6. The van der Waals surface area contributed by atoms with Crippen LogP contribution in [0, 0.1) is 6.92 Å². The maximum atomic E-state index is 5.91. The second-order valence-electron chi connectivity index (χ2n) is 5.84. The van der Waals surface area contributed by atoms with Crippen molar-refractivity contribution in [2.45, 2.75) is 33.9 Å². The molecule has 5 nitrogen and oxygen atoms in total. The fourth-order valence-electron chi connectivity index (χ4n) is 2.37. The van der Waals surface area contributed by atoms with Gasteiger partial charge in [0.2, 0.25) is 0 Å². The topological polar surface area (TPSA) is 54.9 Å². The van der Waals surface area contributed by atoms with E-state index in [9.17, 15) is 0 Å². The Labute approximate surface area is 160 Å². The first-order chi connectivity index (χ1) is 12.7. The summed E-state index contributed by atoms with van der Waals surface area (Å²) in [6.45, 7) is 10.1. The third-order valence-corrected chi connectivity index (χ3v) is 4.43. The second kappa shape index (κ2) is 11.5. The second-order valence-corrected chi connectivity index (χ2v) is 6.62. The molecule has 0 saturated heterocycles. The summed E-state index contributed by atoms with van der Waals surface area (Å²) < 4.78 is 11.3. The smallest absolute Gasteiger partial charge is 0.191 e. The average Bonchev–Trinajstić information content (AvgIpc) is 3.16. The van der Waals surface area contributed by atoms with Gasteiger partial charge in [-0.1, -0.05) is 12.1 Å². The van der Waals surface area contributed by atoms with E-state index in [1.54, 1.807) is 11.3 Å². The van der Waals surface area contributed by atoms with Crippen molar-refractivity contribution in [3.05, 3.63) is 51.7 Å². The number of aliphatic imine (C=N–C) groups is 1. The molecule has 2 aromatic rings. The minimum Gasteiger partial charge on any atom is -0.491 e. The molecule has 0 atom stereocenters. The van der Waals surface area contributed by atoms with Crippen molar-refractivity contribution in [2.75, 3.05) is 26.4 Å². The van der Waals surface area contributed by atoms with E-state index in [4.69, 9.17) is 9.47 Å². The largest absolute Gasteiger partial charge is 0.491 e. The highest BCUT2D eigenvalue weighted by atomic mass is 32.1. The lowest BCUT2D eigenvalue weighted by molar-refractivity contribution is 0.110. The molecule has 2 N–H and O–H groups in total. The Hall–Kier alpha value is -2.05. The van der Waals surface area contributed by atoms with Gasteiger partial charge in [-0.15, -0.1) is 0 Å². The summed E-state index contributed by atoms with van der Waals surface area (Å²) in [5.74, 6) is 1.70. The molecule has 0 aliphatic heterocycles. The molecule has 0 bridgehead atoms. The molecular weight excluding hydrogens is 346 g/mol. The SMILES string of the molecule is CCNC(=NCc1ccsc1)NCc1ccc(C)cc1OCCOCC. The number of rotatable bonds is 10. The summed E-state index contributed by atoms with van der Waals surface area (Å²) in [5, 5.41) is 10.9. The van der Waals surface area contributed by atoms with E-state index in [0.717, 1.165) is 23.8 Å². The summed E-state index contributed by atoms with van der Waals surface area (Å²) in [6.07, 6.45) is 0. The van der Waals surface area contributed by atoms with Gasteiger partial charge in [0.05, 0.1) is 13.2 Å². The fourth-order valence-corrected chi connectivity index (χ4v) is 3.03. The Morgan fingerprint density at radius 1 is 1.15 bits per heavy atom. The zero-order valence-electron chi connectivity index (χ0n) is 15.9. The molecular formula is C20H29N3O2S. The molecule has 0 aliphatic rings. The Balaban J connectivity index is 1.97. The van der Waals surface area contributed by atoms with Crippen LogP contribution >= 0.6 is 11.3 Å². The van der Waals surface area contributed by atoms with E-state index in [1.807, 2.05) is 6.92 Å². The lowest BCUT2D eigenvalue weighted by atomic mass is 10.1. The van der Waals surface area contributed by atoms with E-state index in [2.05, 4.69) is 64.5 Å². The number of benzene rings is 1. The van der Waals surface area contributed by atoms with Gasteiger partial charge in [-0.05, 0) is 54.8 Å². The van der Waals surface area contributed by atoms with E-state index in [0.29, 0.717) is 32.9 Å². The molecule has 0 amide bonds. The van der Waals surface area contributed by atoms with Gasteiger partial charge in [0, 0.05) is 25.3 Å². The lowest BCUT2D eigenvalue weighted by Gasteiger charge is -2.15. The molecule has 142 valence electrons. The normalized spacial score (nSPS) is 11.4. The van der Waals surface area contributed by atoms with Crippen molar-refractivity contribution in [1.82, 2.24) is 10.6 Å². The third kappa shape index (κ3) is 7.06. The van der Waals surface area contributed by atoms with Crippen molar-refractivity contribution in [2.24, 2.45) is 4.99 Å². The van der Waals surface area contributed by atoms with E-state index < -0.39 is 0 Å². The van der Waals surface area contributed by atoms with Crippen LogP contribution < -0.4 is 15.4 Å². The molecule has 1 aromatic heterocycles. The van der Waals surface area contributed by atoms with E-state index in [1.165, 1.54) is 11.1 Å². The van der Waals surface area contributed by atoms with Gasteiger partial charge in [-0.25, -0.2) is 4.99 Å². The third-order valence-electron chi connectivity index (χ3n) is 3.70. The summed E-state index contributed by atoms with van der Waals surface area (Å²) in [5.41, 5.74) is 3.51. The highest BCUT2D eigenvalue weighted by Gasteiger charge is 2.06. The average molecular weight is 376 g/mol. The number of guanidine groups is 1. The maximum Gasteiger partial charge on any atom is 0.191 e. The highest BCUT2D eigenvalue weighted by molar-refractivity contribution is 7.07. The summed E-state index contributed by atoms with van der Waals surface area (Å²) in [7, 11) is 0. The van der Waals surface area contributed by atoms with E-state index >= 15 is 0 Å². The highest BCUT2D eigenvalue weighted by Crippen LogP contribution is 2.20. The number of hydrogen-bond donors (Lipinski definition) is 2. The summed E-state index contributed by atoms with van der Waals surface area (Å²) in [6, 6.07) is 8.36. The molecule has 1 heterocycles. The van der Waals surface area contributed by atoms with Crippen molar-refractivity contribution in [3.8, 4) is 5.75 Å². The molecule has 0 saturated carbocycles. The van der Waals surface area contributed by atoms with Gasteiger partial charge in [0.15, 0.2) is 5.96 Å². The van der Waals surface area contributed by atoms with Crippen molar-refractivity contribution < 1.29 is 9.47 Å². The Morgan fingerprint density at radius 3 is 2.77 bits per heavy atom. The first kappa shape index (κ1) is 20.3. The molecule has 0 spiro atoms. The molecule has 6 heteroatoms. The van der Waals surface area contributed by atoms with E-state index in [-0.39, 0.29) is 0 Å². The van der Waals surface area contributed by atoms with Crippen LogP contribution in [0.1, 0.15) is 30.5 Å². The Kier molecular flexibility index (Phi) is 9.00. The van der Waals surface area contributed by atoms with Crippen LogP contribution in [0.25, 0.3) is 0 Å². The zero-order valence-corrected chi connectivity index (χ0v) is 16.7. The number of thiophene rings is 1. The molecule has 0 aliphatic carbocycles. The van der Waals surface area contributed by atoms with Crippen LogP contribution in [0.3, 0.4) is 0 Å². The minimum absolute atomic E-state index is 0.552. The van der Waals surface area contributed by atoms with Crippen LogP contribution in [0.4, 0.5) is 0 Å². The van der Waals surface area contributed by atoms with Crippen LogP contribution in [0.15, 0.2) is 40.0 Å². The summed E-state index contributed by atoms with van der Waals surface area (Å²) in [4.78, 5) is 4.64. The summed E-state index contributed by atoms with van der Waals surface area (Å²) >= 11 is 1.69.